The molecular formula is C22H20Cl2N4O3. The molecule has 0 bridgehead atoms. The SMILES string of the molecule is C=CN/C(=C\N)NC(=O)c1ccc(-c2c(Cl)c(OC)cc(OC)c2Cl)c2cccnc12. The van der Waals surface area contributed by atoms with Gasteiger partial charge in [0.2, 0.25) is 0 Å². The average molecular weight is 459 g/mol. The molecule has 0 aliphatic rings. The van der Waals surface area contributed by atoms with Crippen LogP contribution in [0.5, 0.6) is 11.5 Å². The third kappa shape index (κ3) is 4.23. The van der Waals surface area contributed by atoms with Crippen LogP contribution in [0.4, 0.5) is 0 Å². The lowest BCUT2D eigenvalue weighted by Crippen LogP contribution is -2.30. The molecule has 0 spiro atoms. The van der Waals surface area contributed by atoms with E-state index in [1.807, 2.05) is 6.07 Å². The molecule has 0 aliphatic carbocycles. The van der Waals surface area contributed by atoms with Gasteiger partial charge in [0.1, 0.15) is 17.3 Å². The number of aromatic nitrogens is 1. The standard InChI is InChI=1S/C22H20Cl2N4O3/c1-4-26-17(11-25)28-22(29)14-8-7-12(13-6-5-9-27-21(13)14)18-19(23)15(30-2)10-16(31-3)20(18)24/h4-11,26H,1,25H2,2-3H3,(H,28,29)/b17-11+. The highest BCUT2D eigenvalue weighted by molar-refractivity contribution is 6.41. The maximum absolute atomic E-state index is 12.9. The second kappa shape index (κ2) is 9.59. The van der Waals surface area contributed by atoms with Crippen LogP contribution in [0.25, 0.3) is 22.0 Å². The third-order valence-electron chi connectivity index (χ3n) is 4.53. The molecule has 7 nitrogen and oxygen atoms in total. The van der Waals surface area contributed by atoms with Crippen LogP contribution in [0.2, 0.25) is 10.0 Å². The minimum Gasteiger partial charge on any atom is -0.495 e. The summed E-state index contributed by atoms with van der Waals surface area (Å²) < 4.78 is 10.7. The number of nitrogens with one attached hydrogen (secondary N) is 2. The number of carbonyl (C=O) groups excluding carboxylic acids is 1. The predicted octanol–water partition coefficient (Wildman–Crippen LogP) is 4.45. The van der Waals surface area contributed by atoms with Gasteiger partial charge in [0.05, 0.1) is 35.3 Å². The first-order valence-corrected chi connectivity index (χ1v) is 9.81. The van der Waals surface area contributed by atoms with Gasteiger partial charge in [-0.1, -0.05) is 41.9 Å². The van der Waals surface area contributed by atoms with Gasteiger partial charge in [-0.25, -0.2) is 0 Å². The number of halogens is 2. The number of amides is 1. The molecule has 3 rings (SSSR count). The molecule has 0 radical (unpaired) electrons. The van der Waals surface area contributed by atoms with E-state index in [0.29, 0.717) is 49.1 Å². The van der Waals surface area contributed by atoms with Crippen molar-refractivity contribution in [2.75, 3.05) is 14.2 Å². The van der Waals surface area contributed by atoms with Gasteiger partial charge in [0, 0.05) is 29.4 Å². The summed E-state index contributed by atoms with van der Waals surface area (Å²) >= 11 is 13.2. The van der Waals surface area contributed by atoms with Crippen LogP contribution in [0.15, 0.2) is 61.3 Å². The summed E-state index contributed by atoms with van der Waals surface area (Å²) in [7, 11) is 3.01. The second-order valence-corrected chi connectivity index (χ2v) is 6.98. The summed E-state index contributed by atoms with van der Waals surface area (Å²) in [5.41, 5.74) is 7.52. The Labute approximate surface area is 189 Å². The number of nitrogens with zero attached hydrogens (tertiary/aromatic N) is 1. The number of fused-ring (bicyclic) bond motifs is 1. The number of hydrogen-bond donors (Lipinski definition) is 3. The van der Waals surface area contributed by atoms with Gasteiger partial charge in [-0.3, -0.25) is 9.78 Å². The van der Waals surface area contributed by atoms with Crippen LogP contribution in [0.3, 0.4) is 0 Å². The summed E-state index contributed by atoms with van der Waals surface area (Å²) in [6.45, 7) is 3.55. The first-order valence-electron chi connectivity index (χ1n) is 9.05. The van der Waals surface area contributed by atoms with E-state index in [1.54, 1.807) is 30.5 Å². The lowest BCUT2D eigenvalue weighted by Gasteiger charge is -2.17. The van der Waals surface area contributed by atoms with E-state index < -0.39 is 5.91 Å². The maximum Gasteiger partial charge on any atom is 0.259 e. The molecule has 31 heavy (non-hydrogen) atoms. The van der Waals surface area contributed by atoms with Crippen molar-refractivity contribution in [3.05, 3.63) is 76.9 Å². The Bertz CT molecular complexity index is 1170. The highest BCUT2D eigenvalue weighted by Crippen LogP contribution is 2.47. The fraction of sp³-hybridized carbons (Fsp3) is 0.0909. The van der Waals surface area contributed by atoms with E-state index in [-0.39, 0.29) is 5.82 Å². The number of benzene rings is 2. The largest absolute Gasteiger partial charge is 0.495 e. The number of nitrogens with two attached hydrogens (primary N) is 1. The Morgan fingerprint density at radius 3 is 2.42 bits per heavy atom. The van der Waals surface area contributed by atoms with Crippen molar-refractivity contribution in [1.82, 2.24) is 15.6 Å². The average Bonchev–Trinajstić information content (AvgIpc) is 2.79. The van der Waals surface area contributed by atoms with Gasteiger partial charge in [-0.05, 0) is 23.9 Å². The lowest BCUT2D eigenvalue weighted by atomic mass is 9.97. The molecule has 1 heterocycles. The molecule has 1 aromatic heterocycles. The third-order valence-corrected chi connectivity index (χ3v) is 5.28. The summed E-state index contributed by atoms with van der Waals surface area (Å²) in [5, 5.41) is 6.73. The van der Waals surface area contributed by atoms with Gasteiger partial charge in [0.25, 0.3) is 5.91 Å². The van der Waals surface area contributed by atoms with Crippen LogP contribution < -0.4 is 25.8 Å². The Morgan fingerprint density at radius 2 is 1.84 bits per heavy atom. The van der Waals surface area contributed by atoms with E-state index in [1.165, 1.54) is 26.6 Å². The Balaban J connectivity index is 2.22. The number of rotatable bonds is 7. The maximum atomic E-state index is 12.9. The molecular weight excluding hydrogens is 439 g/mol. The van der Waals surface area contributed by atoms with E-state index in [4.69, 9.17) is 38.4 Å². The first kappa shape index (κ1) is 22.3. The van der Waals surface area contributed by atoms with E-state index in [9.17, 15) is 4.79 Å². The number of carbonyl (C=O) groups is 1. The molecule has 0 aliphatic heterocycles. The van der Waals surface area contributed by atoms with Crippen molar-refractivity contribution in [3.63, 3.8) is 0 Å². The summed E-state index contributed by atoms with van der Waals surface area (Å²) in [6.07, 6.45) is 4.23. The monoisotopic (exact) mass is 458 g/mol. The normalized spacial score (nSPS) is 11.2. The van der Waals surface area contributed by atoms with E-state index in [2.05, 4.69) is 22.2 Å². The van der Waals surface area contributed by atoms with Crippen LogP contribution in [-0.2, 0) is 0 Å². The van der Waals surface area contributed by atoms with Crippen LogP contribution in [0.1, 0.15) is 10.4 Å². The Hall–Kier alpha value is -3.42. The zero-order chi connectivity index (χ0) is 22.5. The minimum absolute atomic E-state index is 0.289. The topological polar surface area (TPSA) is 98.5 Å². The lowest BCUT2D eigenvalue weighted by molar-refractivity contribution is 0.0965. The predicted molar refractivity (Wildman–Crippen MR) is 123 cm³/mol. The number of hydrogen-bond acceptors (Lipinski definition) is 6. The Morgan fingerprint density at radius 1 is 1.16 bits per heavy atom. The van der Waals surface area contributed by atoms with Crippen molar-refractivity contribution in [2.45, 2.75) is 0 Å². The minimum atomic E-state index is -0.401. The number of ether oxygens (including phenoxy) is 2. The molecule has 1 amide bonds. The van der Waals surface area contributed by atoms with E-state index >= 15 is 0 Å². The van der Waals surface area contributed by atoms with Crippen molar-refractivity contribution < 1.29 is 14.3 Å². The molecule has 9 heteroatoms. The zero-order valence-corrected chi connectivity index (χ0v) is 18.3. The Kier molecular flexibility index (Phi) is 6.89. The van der Waals surface area contributed by atoms with Gasteiger partial charge < -0.3 is 25.8 Å². The van der Waals surface area contributed by atoms with Gasteiger partial charge in [-0.15, -0.1) is 0 Å². The molecule has 0 atom stereocenters. The molecule has 0 unspecified atom stereocenters. The first-order chi connectivity index (χ1) is 15.0. The smallest absolute Gasteiger partial charge is 0.259 e. The van der Waals surface area contributed by atoms with E-state index in [0.717, 1.165) is 0 Å². The summed E-state index contributed by atoms with van der Waals surface area (Å²) in [6, 6.07) is 8.59. The van der Waals surface area contributed by atoms with Crippen LogP contribution in [-0.4, -0.2) is 25.1 Å². The van der Waals surface area contributed by atoms with Crippen molar-refractivity contribution in [1.29, 1.82) is 0 Å². The van der Waals surface area contributed by atoms with Crippen molar-refractivity contribution in [3.8, 4) is 22.6 Å². The quantitative estimate of drug-likeness (QED) is 0.483. The molecule has 4 N–H and O–H groups in total. The fourth-order valence-corrected chi connectivity index (χ4v) is 3.83. The van der Waals surface area contributed by atoms with Gasteiger partial charge >= 0.3 is 0 Å². The highest BCUT2D eigenvalue weighted by atomic mass is 35.5. The summed E-state index contributed by atoms with van der Waals surface area (Å²) in [4.78, 5) is 17.3. The zero-order valence-electron chi connectivity index (χ0n) is 16.8. The molecule has 0 fully saturated rings. The van der Waals surface area contributed by atoms with Crippen molar-refractivity contribution >= 4 is 40.0 Å². The molecule has 160 valence electrons. The molecule has 3 aromatic rings. The molecule has 0 saturated heterocycles. The van der Waals surface area contributed by atoms with Crippen LogP contribution in [0, 0.1) is 0 Å². The number of pyridine rings is 1. The molecule has 2 aromatic carbocycles. The molecule has 0 saturated carbocycles. The van der Waals surface area contributed by atoms with Crippen molar-refractivity contribution in [2.24, 2.45) is 5.73 Å². The number of methoxy groups -OCH3 is 2. The van der Waals surface area contributed by atoms with Gasteiger partial charge in [0.15, 0.2) is 0 Å². The van der Waals surface area contributed by atoms with Gasteiger partial charge in [-0.2, -0.15) is 0 Å². The second-order valence-electron chi connectivity index (χ2n) is 6.23. The fourth-order valence-electron chi connectivity index (χ4n) is 3.12. The van der Waals surface area contributed by atoms with Crippen LogP contribution >= 0.6 is 23.2 Å². The summed E-state index contributed by atoms with van der Waals surface area (Å²) in [5.74, 6) is 0.702. The highest BCUT2D eigenvalue weighted by Gasteiger charge is 2.22.